The summed E-state index contributed by atoms with van der Waals surface area (Å²) in [5, 5.41) is 0.573. The van der Waals surface area contributed by atoms with Crippen LogP contribution < -0.4 is 10.2 Å². The highest BCUT2D eigenvalue weighted by atomic mass is 16.6. The number of hydrogen-bond acceptors (Lipinski definition) is 3. The largest absolute Gasteiger partial charge is 0.468 e. The van der Waals surface area contributed by atoms with Crippen molar-refractivity contribution in [3.63, 3.8) is 0 Å². The number of rotatable bonds is 1. The molecule has 0 spiro atoms. The van der Waals surface area contributed by atoms with Crippen molar-refractivity contribution in [2.24, 2.45) is 0 Å². The van der Waals surface area contributed by atoms with Gasteiger partial charge in [0.2, 0.25) is 0 Å². The predicted molar refractivity (Wildman–Crippen MR) is 49.0 cm³/mol. The summed E-state index contributed by atoms with van der Waals surface area (Å²) in [6, 6.07) is 8.40. The smallest absolute Gasteiger partial charge is 0.288 e. The van der Waals surface area contributed by atoms with Gasteiger partial charge in [-0.25, -0.2) is 0 Å². The van der Waals surface area contributed by atoms with Gasteiger partial charge in [0, 0.05) is 0 Å². The van der Waals surface area contributed by atoms with Crippen LogP contribution in [-0.2, 0) is 0 Å². The maximum absolute atomic E-state index is 11.4. The number of methoxy groups -OCH3 is 1. The fraction of sp³-hybridized carbons (Fsp3) is 0.100. The molecule has 0 bridgehead atoms. The van der Waals surface area contributed by atoms with Crippen molar-refractivity contribution < 1.29 is 9.15 Å². The quantitative estimate of drug-likeness (QED) is 0.665. The fourth-order valence-corrected chi connectivity index (χ4v) is 1.18. The van der Waals surface area contributed by atoms with E-state index in [4.69, 9.17) is 9.15 Å². The SMILES string of the molecule is COc1cc(=O)c2ccccc2o1. The minimum Gasteiger partial charge on any atom is -0.468 e. The molecule has 0 fully saturated rings. The lowest BCUT2D eigenvalue weighted by molar-refractivity contribution is 0.310. The van der Waals surface area contributed by atoms with E-state index in [1.54, 1.807) is 18.2 Å². The van der Waals surface area contributed by atoms with Gasteiger partial charge in [0.25, 0.3) is 5.95 Å². The molecule has 0 aliphatic rings. The molecule has 0 atom stereocenters. The van der Waals surface area contributed by atoms with Gasteiger partial charge in [0.1, 0.15) is 5.58 Å². The first-order chi connectivity index (χ1) is 6.31. The van der Waals surface area contributed by atoms with Crippen molar-refractivity contribution in [1.82, 2.24) is 0 Å². The predicted octanol–water partition coefficient (Wildman–Crippen LogP) is 1.80. The van der Waals surface area contributed by atoms with Crippen molar-refractivity contribution in [2.45, 2.75) is 0 Å². The Hall–Kier alpha value is -1.77. The van der Waals surface area contributed by atoms with E-state index in [0.29, 0.717) is 11.0 Å². The second-order valence-electron chi connectivity index (χ2n) is 2.63. The summed E-state index contributed by atoms with van der Waals surface area (Å²) in [4.78, 5) is 11.4. The van der Waals surface area contributed by atoms with Crippen LogP contribution in [0.4, 0.5) is 0 Å². The van der Waals surface area contributed by atoms with E-state index in [0.717, 1.165) is 0 Å². The summed E-state index contributed by atoms with van der Waals surface area (Å²) < 4.78 is 10.1. The maximum Gasteiger partial charge on any atom is 0.288 e. The first kappa shape index (κ1) is 7.86. The van der Waals surface area contributed by atoms with E-state index in [1.165, 1.54) is 13.2 Å². The van der Waals surface area contributed by atoms with Crippen molar-refractivity contribution in [1.29, 1.82) is 0 Å². The van der Waals surface area contributed by atoms with Gasteiger partial charge in [-0.3, -0.25) is 4.79 Å². The average Bonchev–Trinajstić information content (AvgIpc) is 2.18. The maximum atomic E-state index is 11.4. The Labute approximate surface area is 74.6 Å². The highest BCUT2D eigenvalue weighted by Crippen LogP contribution is 2.15. The van der Waals surface area contributed by atoms with Crippen LogP contribution in [0.5, 0.6) is 5.95 Å². The van der Waals surface area contributed by atoms with E-state index >= 15 is 0 Å². The van der Waals surface area contributed by atoms with E-state index < -0.39 is 0 Å². The molecule has 0 saturated heterocycles. The van der Waals surface area contributed by atoms with Crippen LogP contribution in [-0.4, -0.2) is 7.11 Å². The molecule has 1 aromatic carbocycles. The summed E-state index contributed by atoms with van der Waals surface area (Å²) in [5.74, 6) is 0.240. The van der Waals surface area contributed by atoms with Gasteiger partial charge in [-0.1, -0.05) is 12.1 Å². The zero-order chi connectivity index (χ0) is 9.26. The van der Waals surface area contributed by atoms with Crippen molar-refractivity contribution >= 4 is 11.0 Å². The zero-order valence-electron chi connectivity index (χ0n) is 7.11. The van der Waals surface area contributed by atoms with E-state index in [2.05, 4.69) is 0 Å². The zero-order valence-corrected chi connectivity index (χ0v) is 7.11. The summed E-state index contributed by atoms with van der Waals surface area (Å²) in [5.41, 5.74) is 0.463. The number of hydrogen-bond donors (Lipinski definition) is 0. The van der Waals surface area contributed by atoms with Crippen LogP contribution in [0.2, 0.25) is 0 Å². The van der Waals surface area contributed by atoms with Crippen molar-refractivity contribution in [3.05, 3.63) is 40.6 Å². The first-order valence-electron chi connectivity index (χ1n) is 3.88. The first-order valence-corrected chi connectivity index (χ1v) is 3.88. The third kappa shape index (κ3) is 1.28. The Morgan fingerprint density at radius 1 is 1.31 bits per heavy atom. The lowest BCUT2D eigenvalue weighted by Crippen LogP contribution is -1.99. The minimum absolute atomic E-state index is 0.0845. The lowest BCUT2D eigenvalue weighted by Gasteiger charge is -1.99. The van der Waals surface area contributed by atoms with Crippen molar-refractivity contribution in [2.75, 3.05) is 7.11 Å². The van der Waals surface area contributed by atoms with Crippen LogP contribution in [0.15, 0.2) is 39.5 Å². The van der Waals surface area contributed by atoms with Gasteiger partial charge >= 0.3 is 0 Å². The Kier molecular flexibility index (Phi) is 1.77. The molecule has 0 aliphatic heterocycles. The van der Waals surface area contributed by atoms with Gasteiger partial charge in [-0.05, 0) is 12.1 Å². The molecule has 13 heavy (non-hydrogen) atoms. The lowest BCUT2D eigenvalue weighted by atomic mass is 10.2. The van der Waals surface area contributed by atoms with Gasteiger partial charge in [-0.15, -0.1) is 0 Å². The number of ether oxygens (including phenoxy) is 1. The third-order valence-corrected chi connectivity index (χ3v) is 1.81. The number of benzene rings is 1. The Balaban J connectivity index is 2.85. The topological polar surface area (TPSA) is 39.4 Å². The molecule has 0 N–H and O–H groups in total. The normalized spacial score (nSPS) is 10.2. The summed E-state index contributed by atoms with van der Waals surface area (Å²) in [7, 11) is 1.47. The van der Waals surface area contributed by atoms with Gasteiger partial charge in [0.05, 0.1) is 18.6 Å². The number of para-hydroxylation sites is 1. The molecule has 66 valence electrons. The fourth-order valence-electron chi connectivity index (χ4n) is 1.18. The molecule has 0 aliphatic carbocycles. The van der Waals surface area contributed by atoms with Crippen LogP contribution in [0, 0.1) is 0 Å². The molecule has 0 radical (unpaired) electrons. The highest BCUT2D eigenvalue weighted by molar-refractivity contribution is 5.76. The molecular formula is C10H8O3. The Morgan fingerprint density at radius 3 is 2.85 bits per heavy atom. The number of fused-ring (bicyclic) bond motifs is 1. The molecular weight excluding hydrogens is 168 g/mol. The molecule has 0 saturated carbocycles. The summed E-state index contributed by atoms with van der Waals surface area (Å²) in [6.45, 7) is 0. The molecule has 0 amide bonds. The van der Waals surface area contributed by atoms with E-state index in [9.17, 15) is 4.79 Å². The van der Waals surface area contributed by atoms with Crippen molar-refractivity contribution in [3.8, 4) is 5.95 Å². The summed E-state index contributed by atoms with van der Waals surface area (Å²) >= 11 is 0. The second-order valence-corrected chi connectivity index (χ2v) is 2.63. The molecule has 2 aromatic rings. The third-order valence-electron chi connectivity index (χ3n) is 1.81. The van der Waals surface area contributed by atoms with Gasteiger partial charge < -0.3 is 9.15 Å². The van der Waals surface area contributed by atoms with Gasteiger partial charge in [0.15, 0.2) is 5.43 Å². The van der Waals surface area contributed by atoms with Gasteiger partial charge in [-0.2, -0.15) is 0 Å². The molecule has 1 aromatic heterocycles. The molecule has 3 heteroatoms. The highest BCUT2D eigenvalue weighted by Gasteiger charge is 2.02. The standard InChI is InChI=1S/C10H8O3/c1-12-10-6-8(11)7-4-2-3-5-9(7)13-10/h2-6H,1H3. The molecule has 3 nitrogen and oxygen atoms in total. The average molecular weight is 176 g/mol. The molecule has 2 rings (SSSR count). The van der Waals surface area contributed by atoms with Crippen LogP contribution in [0.1, 0.15) is 0 Å². The monoisotopic (exact) mass is 176 g/mol. The van der Waals surface area contributed by atoms with Crippen LogP contribution in [0.3, 0.4) is 0 Å². The second kappa shape index (κ2) is 2.94. The Morgan fingerprint density at radius 2 is 2.08 bits per heavy atom. The molecule has 0 unspecified atom stereocenters. The van der Waals surface area contributed by atoms with E-state index in [1.807, 2.05) is 6.07 Å². The molecule has 1 heterocycles. The van der Waals surface area contributed by atoms with Crippen LogP contribution in [0.25, 0.3) is 11.0 Å². The van der Waals surface area contributed by atoms with E-state index in [-0.39, 0.29) is 11.4 Å². The minimum atomic E-state index is -0.0845. The Bertz CT molecular complexity index is 485. The van der Waals surface area contributed by atoms with Crippen LogP contribution >= 0.6 is 0 Å². The summed E-state index contributed by atoms with van der Waals surface area (Å²) in [6.07, 6.45) is 0.